The van der Waals surface area contributed by atoms with Crippen molar-refractivity contribution in [3.05, 3.63) is 35.9 Å². The maximum atomic E-state index is 11.7. The van der Waals surface area contributed by atoms with Crippen LogP contribution in [-0.4, -0.2) is 25.9 Å². The van der Waals surface area contributed by atoms with Crippen LogP contribution >= 0.6 is 0 Å². The highest BCUT2D eigenvalue weighted by molar-refractivity contribution is 5.13. The minimum Gasteiger partial charge on any atom is -0.375 e. The summed E-state index contributed by atoms with van der Waals surface area (Å²) >= 11 is 0. The van der Waals surface area contributed by atoms with Gasteiger partial charge in [0.05, 0.1) is 19.8 Å². The van der Waals surface area contributed by atoms with Crippen molar-refractivity contribution in [1.29, 1.82) is 0 Å². The summed E-state index contributed by atoms with van der Waals surface area (Å²) in [6.45, 7) is -0.0758. The average molecular weight is 233 g/mol. The van der Waals surface area contributed by atoms with Gasteiger partial charge in [-0.15, -0.1) is 0 Å². The Bertz CT molecular complexity index is 287. The molecular formula is C11H14F3NO. The number of nitrogens with one attached hydrogen (secondary N) is 1. The molecule has 2 nitrogen and oxygen atoms in total. The molecule has 0 bridgehead atoms. The lowest BCUT2D eigenvalue weighted by atomic mass is 10.2. The molecule has 0 aromatic heterocycles. The van der Waals surface area contributed by atoms with Gasteiger partial charge in [0.25, 0.3) is 0 Å². The summed E-state index contributed by atoms with van der Waals surface area (Å²) in [4.78, 5) is 0. The molecule has 0 spiro atoms. The molecule has 0 saturated heterocycles. The molecule has 1 N–H and O–H groups in total. The number of ether oxygens (including phenoxy) is 1. The molecule has 1 aromatic carbocycles. The lowest BCUT2D eigenvalue weighted by Crippen LogP contribution is -2.31. The van der Waals surface area contributed by atoms with Crippen molar-refractivity contribution in [2.75, 3.05) is 19.7 Å². The summed E-state index contributed by atoms with van der Waals surface area (Å²) in [5.41, 5.74) is 1.01. The summed E-state index contributed by atoms with van der Waals surface area (Å²) < 4.78 is 40.4. The molecule has 90 valence electrons. The van der Waals surface area contributed by atoms with E-state index in [-0.39, 0.29) is 13.2 Å². The quantitative estimate of drug-likeness (QED) is 0.761. The van der Waals surface area contributed by atoms with Crippen molar-refractivity contribution in [2.45, 2.75) is 12.8 Å². The fourth-order valence-electron chi connectivity index (χ4n) is 1.14. The van der Waals surface area contributed by atoms with Crippen LogP contribution in [0.2, 0.25) is 0 Å². The Labute approximate surface area is 92.4 Å². The maximum Gasteiger partial charge on any atom is 0.401 e. The lowest BCUT2D eigenvalue weighted by molar-refractivity contribution is -0.125. The summed E-state index contributed by atoms with van der Waals surface area (Å²) in [5, 5.41) is 2.26. The number of benzene rings is 1. The molecule has 5 heteroatoms. The van der Waals surface area contributed by atoms with Crippen LogP contribution in [0.1, 0.15) is 5.56 Å². The molecule has 0 aliphatic carbocycles. The van der Waals surface area contributed by atoms with Crippen LogP contribution < -0.4 is 5.32 Å². The van der Waals surface area contributed by atoms with E-state index in [9.17, 15) is 13.2 Å². The Morgan fingerprint density at radius 3 is 2.44 bits per heavy atom. The zero-order valence-electron chi connectivity index (χ0n) is 8.76. The standard InChI is InChI=1S/C11H14F3NO/c12-11(13,14)9-15-6-7-16-8-10-4-2-1-3-5-10/h1-5,15H,6-9H2. The van der Waals surface area contributed by atoms with Gasteiger partial charge in [-0.05, 0) is 5.56 Å². The Balaban J connectivity index is 2.01. The van der Waals surface area contributed by atoms with Crippen LogP contribution in [0.25, 0.3) is 0 Å². The first-order valence-electron chi connectivity index (χ1n) is 4.97. The molecule has 0 aliphatic rings. The first-order valence-corrected chi connectivity index (χ1v) is 4.97. The zero-order chi connectivity index (χ0) is 11.9. The van der Waals surface area contributed by atoms with Gasteiger partial charge >= 0.3 is 6.18 Å². The first kappa shape index (κ1) is 13.0. The summed E-state index contributed by atoms with van der Waals surface area (Å²) in [6.07, 6.45) is -4.15. The predicted molar refractivity (Wildman–Crippen MR) is 55.0 cm³/mol. The third kappa shape index (κ3) is 6.42. The van der Waals surface area contributed by atoms with Crippen molar-refractivity contribution < 1.29 is 17.9 Å². The van der Waals surface area contributed by atoms with Crippen LogP contribution in [0.15, 0.2) is 30.3 Å². The van der Waals surface area contributed by atoms with E-state index in [1.165, 1.54) is 0 Å². The molecule has 16 heavy (non-hydrogen) atoms. The van der Waals surface area contributed by atoms with Gasteiger partial charge in [0, 0.05) is 6.54 Å². The Morgan fingerprint density at radius 2 is 1.81 bits per heavy atom. The van der Waals surface area contributed by atoms with Crippen molar-refractivity contribution in [3.63, 3.8) is 0 Å². The number of hydrogen-bond acceptors (Lipinski definition) is 2. The van der Waals surface area contributed by atoms with Gasteiger partial charge in [-0.2, -0.15) is 13.2 Å². The van der Waals surface area contributed by atoms with E-state index < -0.39 is 12.7 Å². The van der Waals surface area contributed by atoms with E-state index in [1.807, 2.05) is 30.3 Å². The van der Waals surface area contributed by atoms with E-state index in [0.29, 0.717) is 6.61 Å². The summed E-state index contributed by atoms with van der Waals surface area (Å²) in [5.74, 6) is 0. The molecule has 1 aromatic rings. The predicted octanol–water partition coefficient (Wildman–Crippen LogP) is 2.36. The van der Waals surface area contributed by atoms with Gasteiger partial charge in [0.1, 0.15) is 0 Å². The fraction of sp³-hybridized carbons (Fsp3) is 0.455. The Kier molecular flexibility index (Phi) is 5.28. The van der Waals surface area contributed by atoms with Crippen molar-refractivity contribution >= 4 is 0 Å². The van der Waals surface area contributed by atoms with Crippen LogP contribution in [0.5, 0.6) is 0 Å². The second-order valence-electron chi connectivity index (χ2n) is 3.33. The molecule has 0 aliphatic heterocycles. The van der Waals surface area contributed by atoms with Gasteiger partial charge in [-0.3, -0.25) is 0 Å². The van der Waals surface area contributed by atoms with Crippen LogP contribution in [0, 0.1) is 0 Å². The molecule has 0 fully saturated rings. The molecular weight excluding hydrogens is 219 g/mol. The number of hydrogen-bond donors (Lipinski definition) is 1. The maximum absolute atomic E-state index is 11.7. The van der Waals surface area contributed by atoms with E-state index in [2.05, 4.69) is 5.32 Å². The zero-order valence-corrected chi connectivity index (χ0v) is 8.76. The molecule has 0 saturated carbocycles. The van der Waals surface area contributed by atoms with E-state index >= 15 is 0 Å². The van der Waals surface area contributed by atoms with Gasteiger partial charge in [-0.25, -0.2) is 0 Å². The minimum absolute atomic E-state index is 0.201. The third-order valence-electron chi connectivity index (χ3n) is 1.86. The number of rotatable bonds is 6. The normalized spacial score (nSPS) is 11.7. The van der Waals surface area contributed by atoms with Crippen LogP contribution in [-0.2, 0) is 11.3 Å². The smallest absolute Gasteiger partial charge is 0.375 e. The SMILES string of the molecule is FC(F)(F)CNCCOCc1ccccc1. The van der Waals surface area contributed by atoms with Gasteiger partial charge in [-0.1, -0.05) is 30.3 Å². The van der Waals surface area contributed by atoms with Gasteiger partial charge < -0.3 is 10.1 Å². The third-order valence-corrected chi connectivity index (χ3v) is 1.86. The van der Waals surface area contributed by atoms with Crippen LogP contribution in [0.3, 0.4) is 0 Å². The minimum atomic E-state index is -4.15. The monoisotopic (exact) mass is 233 g/mol. The summed E-state index contributed by atoms with van der Waals surface area (Å²) in [7, 11) is 0. The van der Waals surface area contributed by atoms with E-state index in [0.717, 1.165) is 5.56 Å². The average Bonchev–Trinajstić information content (AvgIpc) is 2.23. The van der Waals surface area contributed by atoms with Crippen molar-refractivity contribution in [1.82, 2.24) is 5.32 Å². The van der Waals surface area contributed by atoms with Crippen molar-refractivity contribution in [3.8, 4) is 0 Å². The fourth-order valence-corrected chi connectivity index (χ4v) is 1.14. The van der Waals surface area contributed by atoms with Crippen molar-refractivity contribution in [2.24, 2.45) is 0 Å². The highest BCUT2D eigenvalue weighted by atomic mass is 19.4. The molecule has 0 heterocycles. The molecule has 0 radical (unpaired) electrons. The molecule has 0 atom stereocenters. The molecule has 0 amide bonds. The molecule has 1 rings (SSSR count). The first-order chi connectivity index (χ1) is 7.58. The highest BCUT2D eigenvalue weighted by Gasteiger charge is 2.25. The second-order valence-corrected chi connectivity index (χ2v) is 3.33. The number of alkyl halides is 3. The molecule has 0 unspecified atom stereocenters. The number of halogens is 3. The largest absolute Gasteiger partial charge is 0.401 e. The lowest BCUT2D eigenvalue weighted by Gasteiger charge is -2.08. The van der Waals surface area contributed by atoms with E-state index in [1.54, 1.807) is 0 Å². The van der Waals surface area contributed by atoms with E-state index in [4.69, 9.17) is 4.74 Å². The topological polar surface area (TPSA) is 21.3 Å². The van der Waals surface area contributed by atoms with Gasteiger partial charge in [0.15, 0.2) is 0 Å². The Morgan fingerprint density at radius 1 is 1.12 bits per heavy atom. The summed E-state index contributed by atoms with van der Waals surface area (Å²) in [6, 6.07) is 9.49. The second kappa shape index (κ2) is 6.50. The van der Waals surface area contributed by atoms with Crippen LogP contribution in [0.4, 0.5) is 13.2 Å². The highest BCUT2D eigenvalue weighted by Crippen LogP contribution is 2.11. The Hall–Kier alpha value is -1.07. The van der Waals surface area contributed by atoms with Gasteiger partial charge in [0.2, 0.25) is 0 Å².